The first-order chi connectivity index (χ1) is 23.4. The topological polar surface area (TPSA) is 194 Å². The fraction of sp³-hybridized carbons (Fsp3) is 0.400. The minimum absolute atomic E-state index is 0.0105. The van der Waals surface area contributed by atoms with Crippen molar-refractivity contribution >= 4 is 117 Å². The van der Waals surface area contributed by atoms with Gasteiger partial charge in [0.05, 0.1) is 44.4 Å². The van der Waals surface area contributed by atoms with Crippen LogP contribution < -0.4 is 14.5 Å². The highest BCUT2D eigenvalue weighted by Crippen LogP contribution is 2.67. The van der Waals surface area contributed by atoms with Gasteiger partial charge in [0.25, 0.3) is 11.8 Å². The van der Waals surface area contributed by atoms with E-state index in [-0.39, 0.29) is 55.7 Å². The van der Waals surface area contributed by atoms with E-state index in [4.69, 9.17) is 27.9 Å². The number of hydrogen-bond acceptors (Lipinski definition) is 11. The molecule has 15 nitrogen and oxygen atoms in total. The number of nitro benzene ring substituents is 2. The van der Waals surface area contributed by atoms with Gasteiger partial charge in [0, 0.05) is 36.6 Å². The van der Waals surface area contributed by atoms with E-state index in [9.17, 15) is 44.5 Å². The van der Waals surface area contributed by atoms with Gasteiger partial charge in [-0.1, -0.05) is 27.6 Å². The van der Waals surface area contributed by atoms with Crippen LogP contribution >= 0.6 is 71.0 Å². The molecule has 6 unspecified atom stereocenters. The SMILES string of the molecule is COc1cc(C2C3=CCC4C(=O)N(c5cc([N+](=O)[O-])c(N(C)C)c([N+](=O)[O-])c5)C(=O)C4C3CC3(Cl)C(=O)N(CBr)C(=O)C23Cl)c(Br)c(Br)c1O. The van der Waals surface area contributed by atoms with Gasteiger partial charge >= 0.3 is 11.4 Å². The fourth-order valence-corrected chi connectivity index (χ4v) is 10.2. The molecule has 264 valence electrons. The van der Waals surface area contributed by atoms with E-state index in [0.29, 0.717) is 10.5 Å². The molecular weight excluding hydrogens is 901 g/mol. The number of imide groups is 2. The number of rotatable bonds is 7. The third kappa shape index (κ3) is 4.77. The molecule has 0 spiro atoms. The van der Waals surface area contributed by atoms with Crippen LogP contribution in [0.1, 0.15) is 24.3 Å². The summed E-state index contributed by atoms with van der Waals surface area (Å²) in [5.41, 5.74) is -1.64. The fourth-order valence-electron chi connectivity index (χ4n) is 7.79. The third-order valence-corrected chi connectivity index (χ3v) is 13.9. The number of phenols is 1. The summed E-state index contributed by atoms with van der Waals surface area (Å²) in [7, 11) is 4.07. The molecule has 1 saturated carbocycles. The molecule has 0 bridgehead atoms. The number of alkyl halides is 3. The number of hydrogen-bond donors (Lipinski definition) is 1. The highest BCUT2D eigenvalue weighted by molar-refractivity contribution is 9.13. The molecule has 1 N–H and O–H groups in total. The number of methoxy groups -OCH3 is 1. The first kappa shape index (κ1) is 36.5. The molecule has 2 aliphatic heterocycles. The Morgan fingerprint density at radius 2 is 1.60 bits per heavy atom. The number of likely N-dealkylation sites (tertiary alicyclic amines) is 1. The first-order valence-corrected chi connectivity index (χ1v) is 18.1. The third-order valence-electron chi connectivity index (χ3n) is 9.87. The van der Waals surface area contributed by atoms with Gasteiger partial charge in [0.1, 0.15) is 0 Å². The van der Waals surface area contributed by atoms with Crippen molar-refractivity contribution in [2.75, 3.05) is 36.5 Å². The highest BCUT2D eigenvalue weighted by atomic mass is 79.9. The number of nitro groups is 2. The number of carbonyl (C=O) groups excluding carboxylic acids is 4. The molecule has 0 radical (unpaired) electrons. The lowest BCUT2D eigenvalue weighted by Crippen LogP contribution is -2.60. The predicted molar refractivity (Wildman–Crippen MR) is 190 cm³/mol. The molecule has 20 heteroatoms. The smallest absolute Gasteiger partial charge is 0.301 e. The van der Waals surface area contributed by atoms with Crippen molar-refractivity contribution in [1.29, 1.82) is 0 Å². The van der Waals surface area contributed by atoms with Gasteiger partial charge < -0.3 is 14.7 Å². The lowest BCUT2D eigenvalue weighted by Gasteiger charge is -2.51. The van der Waals surface area contributed by atoms with E-state index in [1.54, 1.807) is 6.08 Å². The van der Waals surface area contributed by atoms with Gasteiger partial charge in [-0.25, -0.2) is 4.90 Å². The molecule has 4 aliphatic rings. The van der Waals surface area contributed by atoms with Crippen molar-refractivity contribution < 1.29 is 38.9 Å². The van der Waals surface area contributed by atoms with Crippen LogP contribution in [0.15, 0.2) is 38.8 Å². The van der Waals surface area contributed by atoms with Gasteiger partial charge in [-0.15, -0.1) is 23.2 Å². The number of halogens is 5. The normalized spacial score (nSPS) is 28.7. The maximum atomic E-state index is 14.5. The summed E-state index contributed by atoms with van der Waals surface area (Å²) in [5.74, 6) is -7.96. The van der Waals surface area contributed by atoms with Crippen LogP contribution in [-0.4, -0.2) is 79.9 Å². The second-order valence-electron chi connectivity index (χ2n) is 12.4. The maximum absolute atomic E-state index is 14.5. The molecule has 2 saturated heterocycles. The van der Waals surface area contributed by atoms with Crippen LogP contribution in [0.5, 0.6) is 11.5 Å². The number of aromatic hydroxyl groups is 1. The Labute approximate surface area is 318 Å². The number of fused-ring (bicyclic) bond motifs is 4. The van der Waals surface area contributed by atoms with Crippen LogP contribution in [0.2, 0.25) is 0 Å². The van der Waals surface area contributed by atoms with Crippen molar-refractivity contribution in [1.82, 2.24) is 4.90 Å². The number of allylic oxidation sites excluding steroid dienone is 2. The summed E-state index contributed by atoms with van der Waals surface area (Å²) >= 11 is 24.5. The lowest BCUT2D eigenvalue weighted by atomic mass is 9.56. The number of phenolic OH excluding ortho intramolecular Hbond substituents is 1. The van der Waals surface area contributed by atoms with Crippen LogP contribution in [0, 0.1) is 38.0 Å². The molecular formula is C30H24Br3Cl2N5O10. The molecule has 50 heavy (non-hydrogen) atoms. The lowest BCUT2D eigenvalue weighted by molar-refractivity contribution is -0.392. The average molecular weight is 925 g/mol. The number of carbonyl (C=O) groups is 4. The molecule has 6 rings (SSSR count). The van der Waals surface area contributed by atoms with Gasteiger partial charge in [-0.05, 0) is 62.2 Å². The molecule has 2 aliphatic carbocycles. The van der Waals surface area contributed by atoms with E-state index in [1.165, 1.54) is 32.2 Å². The van der Waals surface area contributed by atoms with Gasteiger partial charge in [0.15, 0.2) is 26.9 Å². The summed E-state index contributed by atoms with van der Waals surface area (Å²) in [6.07, 6.45) is 1.27. The summed E-state index contributed by atoms with van der Waals surface area (Å²) in [6.45, 7) is 0. The van der Waals surface area contributed by atoms with Gasteiger partial charge in [-0.3, -0.25) is 44.3 Å². The molecule has 2 aromatic rings. The molecule has 3 fully saturated rings. The summed E-state index contributed by atoms with van der Waals surface area (Å²) < 4.78 is 5.76. The van der Waals surface area contributed by atoms with E-state index in [2.05, 4.69) is 47.8 Å². The van der Waals surface area contributed by atoms with Crippen molar-refractivity contribution in [3.63, 3.8) is 0 Å². The van der Waals surface area contributed by atoms with Crippen LogP contribution in [0.4, 0.5) is 22.7 Å². The summed E-state index contributed by atoms with van der Waals surface area (Å²) in [4.78, 5) is 77.5. The standard InChI is InChI=1S/C30H24Br3Cl2N5O10/c1-36(2)23-16(39(46)47)6-11(7-17(23)40(48)49)38-25(42)13-5-4-12-15(19(13)26(38)43)9-29(34)27(44)37(10-31)28(45)30(29,35)20(12)14-8-18(50-3)24(41)22(33)21(14)32/h4,6-8,13,15,19-20,41H,5,9-10H2,1-3H3. The average Bonchev–Trinajstić information content (AvgIpc) is 3.40. The van der Waals surface area contributed by atoms with E-state index >= 15 is 0 Å². The Morgan fingerprint density at radius 1 is 1.00 bits per heavy atom. The Kier molecular flexibility index (Phi) is 9.06. The van der Waals surface area contributed by atoms with E-state index < -0.39 is 78.3 Å². The first-order valence-electron chi connectivity index (χ1n) is 14.7. The van der Waals surface area contributed by atoms with Crippen molar-refractivity contribution in [2.45, 2.75) is 28.5 Å². The zero-order chi connectivity index (χ0) is 36.9. The summed E-state index contributed by atoms with van der Waals surface area (Å²) in [6, 6.07) is 3.30. The minimum atomic E-state index is -2.16. The zero-order valence-corrected chi connectivity index (χ0v) is 32.3. The second kappa shape index (κ2) is 12.4. The number of anilines is 2. The zero-order valence-electron chi connectivity index (χ0n) is 26.0. The monoisotopic (exact) mass is 921 g/mol. The van der Waals surface area contributed by atoms with E-state index in [1.807, 2.05) is 0 Å². The molecule has 4 amide bonds. The van der Waals surface area contributed by atoms with Crippen molar-refractivity contribution in [2.24, 2.45) is 17.8 Å². The molecule has 2 heterocycles. The van der Waals surface area contributed by atoms with Crippen molar-refractivity contribution in [3.05, 3.63) is 64.6 Å². The Balaban J connectivity index is 1.55. The largest absolute Gasteiger partial charge is 0.503 e. The van der Waals surface area contributed by atoms with Gasteiger partial charge in [-0.2, -0.15) is 0 Å². The predicted octanol–water partition coefficient (Wildman–Crippen LogP) is 5.72. The summed E-state index contributed by atoms with van der Waals surface area (Å²) in [5, 5.41) is 34.8. The highest BCUT2D eigenvalue weighted by Gasteiger charge is 2.76. The number of amides is 4. The quantitative estimate of drug-likeness (QED) is 0.0892. The van der Waals surface area contributed by atoms with Crippen molar-refractivity contribution in [3.8, 4) is 11.5 Å². The van der Waals surface area contributed by atoms with Crippen LogP contribution in [0.25, 0.3) is 0 Å². The molecule has 0 aromatic heterocycles. The van der Waals surface area contributed by atoms with Crippen LogP contribution in [-0.2, 0) is 19.2 Å². The van der Waals surface area contributed by atoms with Gasteiger partial charge in [0.2, 0.25) is 11.8 Å². The van der Waals surface area contributed by atoms with E-state index in [0.717, 1.165) is 17.0 Å². The number of benzene rings is 2. The molecule has 6 atom stereocenters. The minimum Gasteiger partial charge on any atom is -0.503 e. The maximum Gasteiger partial charge on any atom is 0.301 e. The number of nitrogens with zero attached hydrogens (tertiary/aromatic N) is 5. The Bertz CT molecular complexity index is 1960. The Morgan fingerprint density at radius 3 is 2.12 bits per heavy atom. The number of ether oxygens (including phenoxy) is 1. The second-order valence-corrected chi connectivity index (χ2v) is 15.7. The Hall–Kier alpha value is -3.32. The van der Waals surface area contributed by atoms with Crippen LogP contribution in [0.3, 0.4) is 0 Å². The molecule has 2 aromatic carbocycles.